The molecule has 0 aliphatic carbocycles. The first-order valence-corrected chi connectivity index (χ1v) is 5.08. The van der Waals surface area contributed by atoms with E-state index in [2.05, 4.69) is 15.9 Å². The zero-order chi connectivity index (χ0) is 10.6. The molecule has 14 heavy (non-hydrogen) atoms. The number of rotatable bonds is 4. The van der Waals surface area contributed by atoms with Crippen LogP contribution in [0.15, 0.2) is 22.7 Å². The van der Waals surface area contributed by atoms with Crippen LogP contribution in [0.2, 0.25) is 0 Å². The lowest BCUT2D eigenvalue weighted by Crippen LogP contribution is -2.10. The van der Waals surface area contributed by atoms with Gasteiger partial charge in [0.15, 0.2) is 0 Å². The van der Waals surface area contributed by atoms with E-state index in [9.17, 15) is 9.18 Å². The lowest BCUT2D eigenvalue weighted by atomic mass is 10.1. The summed E-state index contributed by atoms with van der Waals surface area (Å²) < 4.78 is 13.2. The summed E-state index contributed by atoms with van der Waals surface area (Å²) in [5.74, 6) is -0.244. The molecule has 0 amide bonds. The molecule has 0 radical (unpaired) electrons. The van der Waals surface area contributed by atoms with Crippen molar-refractivity contribution in [1.29, 1.82) is 0 Å². The summed E-state index contributed by atoms with van der Waals surface area (Å²) in [6.45, 7) is 0.362. The average Bonchev–Trinajstić information content (AvgIpc) is 2.12. The van der Waals surface area contributed by atoms with Crippen molar-refractivity contribution in [3.8, 4) is 0 Å². The van der Waals surface area contributed by atoms with Crippen molar-refractivity contribution >= 4 is 21.7 Å². The van der Waals surface area contributed by atoms with Crippen LogP contribution in [0, 0.1) is 5.82 Å². The molecule has 4 heteroatoms. The standard InChI is InChI=1S/C10H11BrFNO/c11-9-6-7(1-2-10(9)12)5-8(14)3-4-13/h1-2,6H,3-5,13H2. The van der Waals surface area contributed by atoms with Crippen LogP contribution in [0.1, 0.15) is 12.0 Å². The van der Waals surface area contributed by atoms with E-state index < -0.39 is 0 Å². The molecule has 0 atom stereocenters. The van der Waals surface area contributed by atoms with Gasteiger partial charge in [0.05, 0.1) is 4.47 Å². The molecule has 0 unspecified atom stereocenters. The van der Waals surface area contributed by atoms with Crippen molar-refractivity contribution in [2.75, 3.05) is 6.54 Å². The fourth-order valence-corrected chi connectivity index (χ4v) is 1.55. The predicted octanol–water partition coefficient (Wildman–Crippen LogP) is 2.05. The SMILES string of the molecule is NCCC(=O)Cc1ccc(F)c(Br)c1. The Bertz CT molecular complexity index is 341. The number of ketones is 1. The largest absolute Gasteiger partial charge is 0.330 e. The molecule has 2 nitrogen and oxygen atoms in total. The summed E-state index contributed by atoms with van der Waals surface area (Å²) in [6, 6.07) is 4.56. The van der Waals surface area contributed by atoms with Crippen LogP contribution >= 0.6 is 15.9 Å². The monoisotopic (exact) mass is 259 g/mol. The van der Waals surface area contributed by atoms with Crippen LogP contribution in [0.4, 0.5) is 4.39 Å². The molecular formula is C10H11BrFNO. The molecule has 0 spiro atoms. The highest BCUT2D eigenvalue weighted by Gasteiger charge is 2.05. The van der Waals surface area contributed by atoms with E-state index in [4.69, 9.17) is 5.73 Å². The Morgan fingerprint density at radius 3 is 2.79 bits per heavy atom. The van der Waals surface area contributed by atoms with Crippen molar-refractivity contribution in [3.63, 3.8) is 0 Å². The number of hydrogen-bond donors (Lipinski definition) is 1. The molecule has 0 saturated carbocycles. The molecule has 1 rings (SSSR count). The zero-order valence-electron chi connectivity index (χ0n) is 7.59. The summed E-state index contributed by atoms with van der Waals surface area (Å²) in [5.41, 5.74) is 6.05. The van der Waals surface area contributed by atoms with Gasteiger partial charge in [-0.1, -0.05) is 6.07 Å². The van der Waals surface area contributed by atoms with E-state index >= 15 is 0 Å². The second-order valence-corrected chi connectivity index (χ2v) is 3.86. The lowest BCUT2D eigenvalue weighted by Gasteiger charge is -2.01. The molecular weight excluding hydrogens is 249 g/mol. The molecule has 0 bridgehead atoms. The number of nitrogens with two attached hydrogens (primary N) is 1. The molecule has 76 valence electrons. The quantitative estimate of drug-likeness (QED) is 0.900. The van der Waals surface area contributed by atoms with E-state index in [0.29, 0.717) is 23.9 Å². The Kier molecular flexibility index (Phi) is 4.22. The first-order valence-electron chi connectivity index (χ1n) is 4.29. The lowest BCUT2D eigenvalue weighted by molar-refractivity contribution is -0.118. The predicted molar refractivity (Wildman–Crippen MR) is 56.5 cm³/mol. The molecule has 0 aliphatic rings. The van der Waals surface area contributed by atoms with Gasteiger partial charge in [-0.15, -0.1) is 0 Å². The van der Waals surface area contributed by atoms with E-state index in [1.165, 1.54) is 6.07 Å². The van der Waals surface area contributed by atoms with Crippen LogP contribution < -0.4 is 5.73 Å². The van der Waals surface area contributed by atoms with Crippen molar-refractivity contribution < 1.29 is 9.18 Å². The summed E-state index contributed by atoms with van der Waals surface area (Å²) in [4.78, 5) is 11.2. The van der Waals surface area contributed by atoms with Gasteiger partial charge in [0.25, 0.3) is 0 Å². The molecule has 1 aromatic carbocycles. The molecule has 0 saturated heterocycles. The summed E-state index contributed by atoms with van der Waals surface area (Å²) in [7, 11) is 0. The Balaban J connectivity index is 2.68. The van der Waals surface area contributed by atoms with Crippen LogP contribution in [-0.2, 0) is 11.2 Å². The highest BCUT2D eigenvalue weighted by atomic mass is 79.9. The maximum absolute atomic E-state index is 12.8. The van der Waals surface area contributed by atoms with E-state index in [-0.39, 0.29) is 11.6 Å². The van der Waals surface area contributed by atoms with Gasteiger partial charge in [0, 0.05) is 12.8 Å². The van der Waals surface area contributed by atoms with Gasteiger partial charge >= 0.3 is 0 Å². The maximum atomic E-state index is 12.8. The fraction of sp³-hybridized carbons (Fsp3) is 0.300. The van der Waals surface area contributed by atoms with E-state index in [0.717, 1.165) is 5.56 Å². The van der Waals surface area contributed by atoms with Crippen molar-refractivity contribution in [2.45, 2.75) is 12.8 Å². The highest BCUT2D eigenvalue weighted by molar-refractivity contribution is 9.10. The van der Waals surface area contributed by atoms with Gasteiger partial charge in [-0.2, -0.15) is 0 Å². The smallest absolute Gasteiger partial charge is 0.138 e. The number of halogens is 2. The third kappa shape index (κ3) is 3.20. The topological polar surface area (TPSA) is 43.1 Å². The summed E-state index contributed by atoms with van der Waals surface area (Å²) in [5, 5.41) is 0. The molecule has 0 aliphatic heterocycles. The van der Waals surface area contributed by atoms with Crippen LogP contribution in [0.5, 0.6) is 0 Å². The maximum Gasteiger partial charge on any atom is 0.138 e. The Labute approximate surface area is 90.4 Å². The first kappa shape index (κ1) is 11.3. The normalized spacial score (nSPS) is 10.2. The van der Waals surface area contributed by atoms with Gasteiger partial charge < -0.3 is 5.73 Å². The van der Waals surface area contributed by atoms with Gasteiger partial charge in [-0.25, -0.2) is 4.39 Å². The van der Waals surface area contributed by atoms with Gasteiger partial charge in [0.1, 0.15) is 11.6 Å². The molecule has 0 fully saturated rings. The molecule has 2 N–H and O–H groups in total. The van der Waals surface area contributed by atoms with E-state index in [1.807, 2.05) is 0 Å². The van der Waals surface area contributed by atoms with Crippen molar-refractivity contribution in [1.82, 2.24) is 0 Å². The van der Waals surface area contributed by atoms with Gasteiger partial charge in [-0.3, -0.25) is 4.79 Å². The summed E-state index contributed by atoms with van der Waals surface area (Å²) >= 11 is 3.06. The first-order chi connectivity index (χ1) is 6.63. The molecule has 0 heterocycles. The van der Waals surface area contributed by atoms with Crippen molar-refractivity contribution in [2.24, 2.45) is 5.73 Å². The third-order valence-corrected chi connectivity index (χ3v) is 2.42. The second kappa shape index (κ2) is 5.22. The summed E-state index contributed by atoms with van der Waals surface area (Å²) in [6.07, 6.45) is 0.686. The van der Waals surface area contributed by atoms with Crippen LogP contribution in [-0.4, -0.2) is 12.3 Å². The van der Waals surface area contributed by atoms with Gasteiger partial charge in [0.2, 0.25) is 0 Å². The fourth-order valence-electron chi connectivity index (χ4n) is 1.13. The number of Topliss-reactive ketones (excluding diaryl/α,β-unsaturated/α-hetero) is 1. The van der Waals surface area contributed by atoms with E-state index in [1.54, 1.807) is 12.1 Å². The van der Waals surface area contributed by atoms with Gasteiger partial charge in [-0.05, 0) is 40.2 Å². The highest BCUT2D eigenvalue weighted by Crippen LogP contribution is 2.17. The van der Waals surface area contributed by atoms with Crippen LogP contribution in [0.3, 0.4) is 0 Å². The number of hydrogen-bond acceptors (Lipinski definition) is 2. The number of carbonyl (C=O) groups is 1. The minimum absolute atomic E-state index is 0.0750. The third-order valence-electron chi connectivity index (χ3n) is 1.81. The number of benzene rings is 1. The molecule has 1 aromatic rings. The minimum atomic E-state index is -0.319. The minimum Gasteiger partial charge on any atom is -0.330 e. The zero-order valence-corrected chi connectivity index (χ0v) is 9.18. The average molecular weight is 260 g/mol. The second-order valence-electron chi connectivity index (χ2n) is 3.00. The Hall–Kier alpha value is -0.740. The molecule has 0 aromatic heterocycles. The Morgan fingerprint density at radius 1 is 1.50 bits per heavy atom. The van der Waals surface area contributed by atoms with Crippen LogP contribution in [0.25, 0.3) is 0 Å². The Morgan fingerprint density at radius 2 is 2.21 bits per heavy atom. The van der Waals surface area contributed by atoms with Crippen molar-refractivity contribution in [3.05, 3.63) is 34.1 Å². The number of carbonyl (C=O) groups excluding carboxylic acids is 1.